The van der Waals surface area contributed by atoms with Gasteiger partial charge in [-0.1, -0.05) is 26.0 Å². The quantitative estimate of drug-likeness (QED) is 0.657. The number of rotatable bonds is 2. The maximum atomic E-state index is 5.36. The Morgan fingerprint density at radius 2 is 2.11 bits per heavy atom. The Morgan fingerprint density at radius 1 is 1.37 bits per heavy atom. The number of para-hydroxylation sites is 1. The molecule has 0 unspecified atom stereocenters. The molecule has 0 aromatic heterocycles. The number of hydrogen-bond acceptors (Lipinski definition) is 2. The topological polar surface area (TPSA) is 27.6 Å². The van der Waals surface area contributed by atoms with Gasteiger partial charge in [-0.15, -0.1) is 0 Å². The van der Waals surface area contributed by atoms with E-state index in [1.165, 1.54) is 5.56 Å². The van der Waals surface area contributed by atoms with Gasteiger partial charge < -0.3 is 10.2 Å². The van der Waals surface area contributed by atoms with Crippen LogP contribution in [-0.2, 0) is 0 Å². The van der Waals surface area contributed by atoms with Gasteiger partial charge in [0.25, 0.3) is 0 Å². The van der Waals surface area contributed by atoms with Crippen LogP contribution in [0.25, 0.3) is 0 Å². The second-order valence-electron chi connectivity index (χ2n) is 4.07. The smallest absolute Gasteiger partial charge is 0.173 e. The standard InChI is InChI=1S/C13H17N3S.C2H6/c1-3-14-12-10(2)6-4-7-11(12)16-9-5-8-15-13(16)17;1-2/h3-4,6-7H,5,8-9H2,1-2H3,(H,15,17);1-2H3. The molecule has 1 heterocycles. The molecule has 19 heavy (non-hydrogen) atoms. The molecule has 0 atom stereocenters. The highest BCUT2D eigenvalue weighted by Gasteiger charge is 2.19. The molecule has 104 valence electrons. The first-order valence-electron chi connectivity index (χ1n) is 6.87. The van der Waals surface area contributed by atoms with Crippen LogP contribution < -0.4 is 10.2 Å². The minimum absolute atomic E-state index is 0.800. The number of benzene rings is 1. The second kappa shape index (κ2) is 7.89. The van der Waals surface area contributed by atoms with E-state index < -0.39 is 0 Å². The first kappa shape index (κ1) is 15.6. The van der Waals surface area contributed by atoms with Crippen LogP contribution in [0.3, 0.4) is 0 Å². The zero-order chi connectivity index (χ0) is 14.3. The van der Waals surface area contributed by atoms with E-state index in [4.69, 9.17) is 12.2 Å². The lowest BCUT2D eigenvalue weighted by Crippen LogP contribution is -2.46. The van der Waals surface area contributed by atoms with Gasteiger partial charge in [0.1, 0.15) is 0 Å². The molecule has 2 rings (SSSR count). The molecule has 1 aromatic carbocycles. The predicted octanol–water partition coefficient (Wildman–Crippen LogP) is 3.83. The lowest BCUT2D eigenvalue weighted by molar-refractivity contribution is 0.723. The van der Waals surface area contributed by atoms with E-state index >= 15 is 0 Å². The highest BCUT2D eigenvalue weighted by molar-refractivity contribution is 7.80. The van der Waals surface area contributed by atoms with Gasteiger partial charge in [0.15, 0.2) is 5.11 Å². The number of aryl methyl sites for hydroxylation is 1. The van der Waals surface area contributed by atoms with Gasteiger partial charge in [-0.2, -0.15) is 0 Å². The molecular formula is C15H23N3S. The minimum Gasteiger partial charge on any atom is -0.362 e. The fourth-order valence-corrected chi connectivity index (χ4v) is 2.31. The maximum Gasteiger partial charge on any atom is 0.173 e. The highest BCUT2D eigenvalue weighted by Crippen LogP contribution is 2.32. The van der Waals surface area contributed by atoms with E-state index in [-0.39, 0.29) is 0 Å². The van der Waals surface area contributed by atoms with Crippen molar-refractivity contribution in [2.45, 2.75) is 34.1 Å². The normalized spacial score (nSPS) is 14.9. The Balaban J connectivity index is 0.000000861. The van der Waals surface area contributed by atoms with Crippen molar-refractivity contribution in [3.05, 3.63) is 23.8 Å². The summed E-state index contributed by atoms with van der Waals surface area (Å²) in [7, 11) is 0. The zero-order valence-corrected chi connectivity index (χ0v) is 13.0. The van der Waals surface area contributed by atoms with Crippen molar-refractivity contribution in [1.29, 1.82) is 0 Å². The van der Waals surface area contributed by atoms with E-state index in [1.807, 2.05) is 27.0 Å². The summed E-state index contributed by atoms with van der Waals surface area (Å²) in [4.78, 5) is 6.59. The fourth-order valence-electron chi connectivity index (χ4n) is 2.02. The molecule has 4 heteroatoms. The van der Waals surface area contributed by atoms with Gasteiger partial charge in [0.2, 0.25) is 0 Å². The Morgan fingerprint density at radius 3 is 2.74 bits per heavy atom. The molecule has 1 N–H and O–H groups in total. The van der Waals surface area contributed by atoms with Gasteiger partial charge in [-0.05, 0) is 44.1 Å². The summed E-state index contributed by atoms with van der Waals surface area (Å²) in [5.74, 6) is 0. The van der Waals surface area contributed by atoms with E-state index in [0.717, 1.165) is 36.0 Å². The van der Waals surface area contributed by atoms with Crippen molar-refractivity contribution in [1.82, 2.24) is 5.32 Å². The van der Waals surface area contributed by atoms with Crippen LogP contribution >= 0.6 is 12.2 Å². The number of anilines is 1. The number of aliphatic imine (C=N–C) groups is 1. The third kappa shape index (κ3) is 3.77. The number of nitrogens with one attached hydrogen (secondary N) is 1. The number of thiocarbonyl (C=S) groups is 1. The Hall–Kier alpha value is -1.42. The lowest BCUT2D eigenvalue weighted by atomic mass is 10.1. The van der Waals surface area contributed by atoms with Crippen LogP contribution in [0, 0.1) is 6.92 Å². The molecule has 0 radical (unpaired) electrons. The summed E-state index contributed by atoms with van der Waals surface area (Å²) in [5.41, 5.74) is 3.29. The van der Waals surface area contributed by atoms with Crippen molar-refractivity contribution in [3.63, 3.8) is 0 Å². The van der Waals surface area contributed by atoms with Crippen molar-refractivity contribution in [2.24, 2.45) is 4.99 Å². The third-order valence-electron chi connectivity index (χ3n) is 2.85. The van der Waals surface area contributed by atoms with E-state index in [2.05, 4.69) is 40.3 Å². The van der Waals surface area contributed by atoms with Gasteiger partial charge in [0, 0.05) is 19.3 Å². The molecule has 0 saturated carbocycles. The Bertz CT molecular complexity index is 455. The van der Waals surface area contributed by atoms with Crippen molar-refractivity contribution in [2.75, 3.05) is 18.0 Å². The zero-order valence-electron chi connectivity index (χ0n) is 12.2. The number of nitrogens with zero attached hydrogens (tertiary/aromatic N) is 2. The Kier molecular flexibility index (Phi) is 6.50. The van der Waals surface area contributed by atoms with Gasteiger partial charge in [0.05, 0.1) is 11.4 Å². The summed E-state index contributed by atoms with van der Waals surface area (Å²) >= 11 is 5.36. The average molecular weight is 277 g/mol. The summed E-state index contributed by atoms with van der Waals surface area (Å²) in [6.45, 7) is 9.93. The van der Waals surface area contributed by atoms with E-state index in [1.54, 1.807) is 0 Å². The molecule has 0 bridgehead atoms. The van der Waals surface area contributed by atoms with Crippen molar-refractivity contribution < 1.29 is 0 Å². The highest BCUT2D eigenvalue weighted by atomic mass is 32.1. The largest absolute Gasteiger partial charge is 0.362 e. The summed E-state index contributed by atoms with van der Waals surface area (Å²) in [6.07, 6.45) is 2.93. The summed E-state index contributed by atoms with van der Waals surface area (Å²) < 4.78 is 0. The van der Waals surface area contributed by atoms with Crippen LogP contribution in [0.2, 0.25) is 0 Å². The Labute approximate surface area is 121 Å². The van der Waals surface area contributed by atoms with Crippen LogP contribution in [0.4, 0.5) is 11.4 Å². The van der Waals surface area contributed by atoms with Crippen molar-refractivity contribution >= 4 is 34.9 Å². The molecule has 0 amide bonds. The minimum atomic E-state index is 0.800. The van der Waals surface area contributed by atoms with Crippen LogP contribution in [0.1, 0.15) is 32.8 Å². The molecule has 1 aliphatic rings. The second-order valence-corrected chi connectivity index (χ2v) is 4.45. The first-order valence-corrected chi connectivity index (χ1v) is 7.28. The van der Waals surface area contributed by atoms with E-state index in [9.17, 15) is 0 Å². The summed E-state index contributed by atoms with van der Waals surface area (Å²) in [6, 6.07) is 6.21. The predicted molar refractivity (Wildman–Crippen MR) is 88.9 cm³/mol. The summed E-state index contributed by atoms with van der Waals surface area (Å²) in [5, 5.41) is 4.03. The fraction of sp³-hybridized carbons (Fsp3) is 0.467. The molecular weight excluding hydrogens is 254 g/mol. The molecule has 1 fully saturated rings. The van der Waals surface area contributed by atoms with Gasteiger partial charge >= 0.3 is 0 Å². The van der Waals surface area contributed by atoms with Gasteiger partial charge in [-0.3, -0.25) is 4.99 Å². The lowest BCUT2D eigenvalue weighted by Gasteiger charge is -2.31. The molecule has 1 aromatic rings. The molecule has 3 nitrogen and oxygen atoms in total. The maximum absolute atomic E-state index is 5.36. The first-order chi connectivity index (χ1) is 9.24. The molecule has 0 spiro atoms. The average Bonchev–Trinajstić information content (AvgIpc) is 2.44. The molecule has 0 aliphatic carbocycles. The monoisotopic (exact) mass is 277 g/mol. The SMILES string of the molecule is CC.CC=Nc1c(C)cccc1N1CCCNC1=S. The third-order valence-corrected chi connectivity index (χ3v) is 3.21. The van der Waals surface area contributed by atoms with Crippen LogP contribution in [-0.4, -0.2) is 24.4 Å². The van der Waals surface area contributed by atoms with Crippen LogP contribution in [0.15, 0.2) is 23.2 Å². The van der Waals surface area contributed by atoms with E-state index in [0.29, 0.717) is 0 Å². The van der Waals surface area contributed by atoms with Gasteiger partial charge in [-0.25, -0.2) is 0 Å². The number of hydrogen-bond donors (Lipinski definition) is 1. The van der Waals surface area contributed by atoms with Crippen LogP contribution in [0.5, 0.6) is 0 Å². The molecule has 1 saturated heterocycles. The molecule has 1 aliphatic heterocycles. The van der Waals surface area contributed by atoms with Crippen molar-refractivity contribution in [3.8, 4) is 0 Å².